The summed E-state index contributed by atoms with van der Waals surface area (Å²) in [5.74, 6) is 1.72. The van der Waals surface area contributed by atoms with Crippen LogP contribution in [0.25, 0.3) is 0 Å². The van der Waals surface area contributed by atoms with Crippen molar-refractivity contribution in [2.24, 2.45) is 4.99 Å². The third-order valence-electron chi connectivity index (χ3n) is 4.16. The number of guanidine groups is 1. The highest BCUT2D eigenvalue weighted by Crippen LogP contribution is 2.21. The van der Waals surface area contributed by atoms with E-state index in [1.807, 2.05) is 0 Å². The van der Waals surface area contributed by atoms with Gasteiger partial charge in [0.15, 0.2) is 5.96 Å². The zero-order chi connectivity index (χ0) is 21.2. The Kier molecular flexibility index (Phi) is 14.8. The first kappa shape index (κ1) is 25.2. The van der Waals surface area contributed by atoms with E-state index >= 15 is 0 Å². The Bertz CT molecular complexity index is 567. The first-order valence-electron chi connectivity index (χ1n) is 10.5. The van der Waals surface area contributed by atoms with Crippen molar-refractivity contribution in [2.75, 3.05) is 60.3 Å². The van der Waals surface area contributed by atoms with E-state index in [4.69, 9.17) is 23.9 Å². The summed E-state index contributed by atoms with van der Waals surface area (Å²) in [4.78, 5) is 4.72. The molecule has 2 N–H and O–H groups in total. The third kappa shape index (κ3) is 12.4. The maximum Gasteiger partial charge on any atom is 0.191 e. The first-order valence-corrected chi connectivity index (χ1v) is 10.5. The summed E-state index contributed by atoms with van der Waals surface area (Å²) in [6.45, 7) is 9.77. The Labute approximate surface area is 176 Å². The summed E-state index contributed by atoms with van der Waals surface area (Å²) >= 11 is 0. The molecule has 1 rings (SSSR count). The van der Waals surface area contributed by atoms with E-state index in [0.29, 0.717) is 33.0 Å². The highest BCUT2D eigenvalue weighted by atomic mass is 16.5. The summed E-state index contributed by atoms with van der Waals surface area (Å²) in [7, 11) is 3.39. The number of benzene rings is 1. The summed E-state index contributed by atoms with van der Waals surface area (Å²) < 4.78 is 21.5. The van der Waals surface area contributed by atoms with Crippen LogP contribution in [0.1, 0.15) is 37.3 Å². The Morgan fingerprint density at radius 2 is 1.76 bits per heavy atom. The summed E-state index contributed by atoms with van der Waals surface area (Å²) in [6, 6.07) is 6.25. The SMILES string of the molecule is CCNC(=NCc1ccc(C)cc1OCCCOC)NCCCCOCCOC. The smallest absolute Gasteiger partial charge is 0.191 e. The Morgan fingerprint density at radius 1 is 0.931 bits per heavy atom. The van der Waals surface area contributed by atoms with Gasteiger partial charge in [0, 0.05) is 52.5 Å². The van der Waals surface area contributed by atoms with Crippen molar-refractivity contribution in [1.29, 1.82) is 0 Å². The fourth-order valence-corrected chi connectivity index (χ4v) is 2.60. The van der Waals surface area contributed by atoms with Gasteiger partial charge in [-0.1, -0.05) is 12.1 Å². The predicted molar refractivity (Wildman–Crippen MR) is 118 cm³/mol. The second-order valence-electron chi connectivity index (χ2n) is 6.74. The van der Waals surface area contributed by atoms with E-state index < -0.39 is 0 Å². The Balaban J connectivity index is 2.48. The summed E-state index contributed by atoms with van der Waals surface area (Å²) in [5.41, 5.74) is 2.26. The molecule has 0 spiro atoms. The predicted octanol–water partition coefficient (Wildman–Crippen LogP) is 2.91. The second-order valence-corrected chi connectivity index (χ2v) is 6.74. The van der Waals surface area contributed by atoms with E-state index in [-0.39, 0.29) is 0 Å². The third-order valence-corrected chi connectivity index (χ3v) is 4.16. The van der Waals surface area contributed by atoms with Crippen LogP contribution in [0, 0.1) is 6.92 Å². The van der Waals surface area contributed by atoms with E-state index in [2.05, 4.69) is 42.7 Å². The standard InChI is InChI=1S/C22H39N3O4/c1-5-23-22(24-11-6-7-13-28-16-15-27-4)25-18-20-10-9-19(2)17-21(20)29-14-8-12-26-3/h9-10,17H,5-8,11-16,18H2,1-4H3,(H2,23,24,25). The number of aliphatic imine (C=N–C) groups is 1. The number of aryl methyl sites for hydroxylation is 1. The maximum atomic E-state index is 5.95. The molecule has 0 bridgehead atoms. The molecule has 7 nitrogen and oxygen atoms in total. The second kappa shape index (κ2) is 17.1. The van der Waals surface area contributed by atoms with Crippen LogP contribution in [-0.4, -0.2) is 66.3 Å². The Hall–Kier alpha value is -1.83. The van der Waals surface area contributed by atoms with Gasteiger partial charge in [-0.05, 0) is 38.3 Å². The van der Waals surface area contributed by atoms with Crippen molar-refractivity contribution >= 4 is 5.96 Å². The largest absolute Gasteiger partial charge is 0.493 e. The van der Waals surface area contributed by atoms with Gasteiger partial charge < -0.3 is 29.6 Å². The minimum Gasteiger partial charge on any atom is -0.493 e. The zero-order valence-corrected chi connectivity index (χ0v) is 18.6. The van der Waals surface area contributed by atoms with Crippen LogP contribution in [-0.2, 0) is 20.8 Å². The molecule has 0 atom stereocenters. The summed E-state index contributed by atoms with van der Waals surface area (Å²) in [5, 5.41) is 6.68. The lowest BCUT2D eigenvalue weighted by Gasteiger charge is -2.14. The van der Waals surface area contributed by atoms with Crippen molar-refractivity contribution in [1.82, 2.24) is 10.6 Å². The fraction of sp³-hybridized carbons (Fsp3) is 0.682. The molecule has 0 amide bonds. The van der Waals surface area contributed by atoms with Crippen LogP contribution in [0.3, 0.4) is 0 Å². The lowest BCUT2D eigenvalue weighted by atomic mass is 10.1. The van der Waals surface area contributed by atoms with Gasteiger partial charge in [-0.2, -0.15) is 0 Å². The monoisotopic (exact) mass is 409 g/mol. The molecule has 7 heteroatoms. The number of ether oxygens (including phenoxy) is 4. The van der Waals surface area contributed by atoms with E-state index in [0.717, 1.165) is 56.2 Å². The van der Waals surface area contributed by atoms with Gasteiger partial charge in [0.2, 0.25) is 0 Å². The van der Waals surface area contributed by atoms with Crippen LogP contribution in [0.5, 0.6) is 5.75 Å². The number of hydrogen-bond acceptors (Lipinski definition) is 5. The van der Waals surface area contributed by atoms with Crippen LogP contribution < -0.4 is 15.4 Å². The lowest BCUT2D eigenvalue weighted by Crippen LogP contribution is -2.37. The molecule has 0 aliphatic rings. The Morgan fingerprint density at radius 3 is 2.52 bits per heavy atom. The maximum absolute atomic E-state index is 5.95. The zero-order valence-electron chi connectivity index (χ0n) is 18.6. The van der Waals surface area contributed by atoms with E-state index in [1.165, 1.54) is 5.56 Å². The normalized spacial score (nSPS) is 11.5. The number of methoxy groups -OCH3 is 2. The average Bonchev–Trinajstić information content (AvgIpc) is 2.72. The van der Waals surface area contributed by atoms with Gasteiger partial charge in [-0.3, -0.25) is 0 Å². The highest BCUT2D eigenvalue weighted by molar-refractivity contribution is 5.79. The van der Waals surface area contributed by atoms with Crippen molar-refractivity contribution < 1.29 is 18.9 Å². The molecule has 0 unspecified atom stereocenters. The molecule has 0 heterocycles. The lowest BCUT2D eigenvalue weighted by molar-refractivity contribution is 0.0689. The van der Waals surface area contributed by atoms with E-state index in [1.54, 1.807) is 14.2 Å². The molecule has 1 aromatic carbocycles. The number of hydrogen-bond donors (Lipinski definition) is 2. The van der Waals surface area contributed by atoms with Crippen LogP contribution in [0.15, 0.2) is 23.2 Å². The number of unbranched alkanes of at least 4 members (excludes halogenated alkanes) is 1. The number of nitrogens with one attached hydrogen (secondary N) is 2. The molecule has 166 valence electrons. The fourth-order valence-electron chi connectivity index (χ4n) is 2.60. The van der Waals surface area contributed by atoms with Crippen LogP contribution >= 0.6 is 0 Å². The highest BCUT2D eigenvalue weighted by Gasteiger charge is 2.05. The molecule has 29 heavy (non-hydrogen) atoms. The minimum absolute atomic E-state index is 0.565. The van der Waals surface area contributed by atoms with Gasteiger partial charge >= 0.3 is 0 Å². The van der Waals surface area contributed by atoms with Crippen molar-refractivity contribution in [3.05, 3.63) is 29.3 Å². The van der Waals surface area contributed by atoms with Crippen molar-refractivity contribution in [3.63, 3.8) is 0 Å². The van der Waals surface area contributed by atoms with Gasteiger partial charge in [0.25, 0.3) is 0 Å². The molecule has 0 aromatic heterocycles. The van der Waals surface area contributed by atoms with Gasteiger partial charge in [-0.25, -0.2) is 4.99 Å². The molecule has 0 aliphatic carbocycles. The van der Waals surface area contributed by atoms with E-state index in [9.17, 15) is 0 Å². The van der Waals surface area contributed by atoms with Crippen LogP contribution in [0.4, 0.5) is 0 Å². The van der Waals surface area contributed by atoms with Crippen LogP contribution in [0.2, 0.25) is 0 Å². The topological polar surface area (TPSA) is 73.3 Å². The van der Waals surface area contributed by atoms with Crippen molar-refractivity contribution in [3.8, 4) is 5.75 Å². The van der Waals surface area contributed by atoms with Gasteiger partial charge in [0.1, 0.15) is 5.75 Å². The molecule has 0 saturated heterocycles. The van der Waals surface area contributed by atoms with Gasteiger partial charge in [0.05, 0.1) is 26.4 Å². The summed E-state index contributed by atoms with van der Waals surface area (Å²) in [6.07, 6.45) is 2.90. The number of nitrogens with zero attached hydrogens (tertiary/aromatic N) is 1. The molecular weight excluding hydrogens is 370 g/mol. The molecule has 0 saturated carbocycles. The minimum atomic E-state index is 0.565. The molecule has 0 fully saturated rings. The van der Waals surface area contributed by atoms with Crippen molar-refractivity contribution in [2.45, 2.75) is 39.7 Å². The average molecular weight is 410 g/mol. The molecule has 1 aromatic rings. The quantitative estimate of drug-likeness (QED) is 0.248. The van der Waals surface area contributed by atoms with Gasteiger partial charge in [-0.15, -0.1) is 0 Å². The molecular formula is C22H39N3O4. The molecule has 0 radical (unpaired) electrons. The number of rotatable bonds is 16. The first-order chi connectivity index (χ1) is 14.2. The molecule has 0 aliphatic heterocycles.